The van der Waals surface area contributed by atoms with E-state index >= 15 is 0 Å². The van der Waals surface area contributed by atoms with Crippen molar-refractivity contribution in [2.75, 3.05) is 5.73 Å². The molecule has 0 aliphatic rings. The van der Waals surface area contributed by atoms with Crippen molar-refractivity contribution in [3.05, 3.63) is 35.9 Å². The summed E-state index contributed by atoms with van der Waals surface area (Å²) in [7, 11) is -4.07. The van der Waals surface area contributed by atoms with Crippen LogP contribution in [0.5, 0.6) is 0 Å². The van der Waals surface area contributed by atoms with Crippen molar-refractivity contribution in [1.82, 2.24) is 4.98 Å². The Bertz CT molecular complexity index is 1030. The third kappa shape index (κ3) is 2.99. The highest BCUT2D eigenvalue weighted by Crippen LogP contribution is 2.38. The minimum atomic E-state index is -4.07. The van der Waals surface area contributed by atoms with Gasteiger partial charge >= 0.3 is 10.1 Å². The van der Waals surface area contributed by atoms with Crippen molar-refractivity contribution in [2.24, 2.45) is 0 Å². The second-order valence-corrected chi connectivity index (χ2v) is 8.38. The Balaban J connectivity index is 2.25. The number of aromatic nitrogens is 1. The molecule has 3 rings (SSSR count). The highest BCUT2D eigenvalue weighted by molar-refractivity contribution is 7.94. The smallest absolute Gasteiger partial charge is 0.314 e. The highest BCUT2D eigenvalue weighted by Gasteiger charge is 2.24. The first-order valence-electron chi connectivity index (χ1n) is 6.54. The summed E-state index contributed by atoms with van der Waals surface area (Å²) in [5.74, 6) is 0. The molecule has 0 radical (unpaired) electrons. The van der Waals surface area contributed by atoms with E-state index in [2.05, 4.69) is 8.72 Å². The molecule has 0 amide bonds. The number of halogens is 1. The predicted octanol–water partition coefficient (Wildman–Crippen LogP) is 4.28. The Hall–Kier alpha value is -1.36. The van der Waals surface area contributed by atoms with Crippen LogP contribution >= 0.6 is 35.2 Å². The van der Waals surface area contributed by atoms with Crippen LogP contribution < -0.4 is 5.73 Å². The largest absolute Gasteiger partial charge is 0.398 e. The quantitative estimate of drug-likeness (QED) is 0.496. The van der Waals surface area contributed by atoms with Crippen LogP contribution in [0.15, 0.2) is 40.1 Å². The molecule has 126 valence electrons. The number of rotatable bonds is 4. The summed E-state index contributed by atoms with van der Waals surface area (Å²) in [6, 6.07) is 8.48. The molecule has 0 aliphatic heterocycles. The van der Waals surface area contributed by atoms with Crippen molar-refractivity contribution in [2.45, 2.75) is 16.7 Å². The number of nitrogens with zero attached hydrogens (tertiary/aromatic N) is 1. The zero-order valence-corrected chi connectivity index (χ0v) is 15.4. The molecule has 6 nitrogen and oxygen atoms in total. The first kappa shape index (κ1) is 17.5. The summed E-state index contributed by atoms with van der Waals surface area (Å²) in [4.78, 5) is 4.97. The summed E-state index contributed by atoms with van der Waals surface area (Å²) >= 11 is 6.87. The monoisotopic (exact) mass is 402 g/mol. The van der Waals surface area contributed by atoms with Crippen molar-refractivity contribution in [1.29, 1.82) is 0 Å². The lowest BCUT2D eigenvalue weighted by molar-refractivity contribution is 0.509. The molecule has 10 heteroatoms. The molecule has 0 spiro atoms. The van der Waals surface area contributed by atoms with Gasteiger partial charge in [-0.1, -0.05) is 6.07 Å². The van der Waals surface area contributed by atoms with E-state index < -0.39 is 10.1 Å². The molecule has 0 fully saturated rings. The normalized spacial score (nSPS) is 12.0. The van der Waals surface area contributed by atoms with E-state index in [0.29, 0.717) is 43.4 Å². The van der Waals surface area contributed by atoms with Gasteiger partial charge in [-0.3, -0.25) is 0 Å². The van der Waals surface area contributed by atoms with E-state index in [1.807, 2.05) is 0 Å². The van der Waals surface area contributed by atoms with E-state index in [0.717, 1.165) is 5.56 Å². The number of hydrogen-bond acceptors (Lipinski definition) is 8. The van der Waals surface area contributed by atoms with Crippen molar-refractivity contribution < 1.29 is 16.7 Å². The average Bonchev–Trinajstić information content (AvgIpc) is 2.98. The van der Waals surface area contributed by atoms with Crippen LogP contribution in [-0.4, -0.2) is 18.0 Å². The van der Waals surface area contributed by atoms with Gasteiger partial charge in [0.05, 0.1) is 27.0 Å². The number of hydrogen-bond donors (Lipinski definition) is 2. The number of thiazole rings is 1. The second-order valence-electron chi connectivity index (χ2n) is 4.94. The van der Waals surface area contributed by atoms with E-state index in [1.54, 1.807) is 37.3 Å². The summed E-state index contributed by atoms with van der Waals surface area (Å²) in [6.45, 7) is 1.66. The lowest BCUT2D eigenvalue weighted by Gasteiger charge is -2.04. The molecule has 0 saturated carbocycles. The van der Waals surface area contributed by atoms with Gasteiger partial charge in [-0.25, -0.2) is 4.98 Å². The maximum absolute atomic E-state index is 12.1. The summed E-state index contributed by atoms with van der Waals surface area (Å²) in [6.07, 6.45) is 0. The number of nitrogens with two attached hydrogens (primary N) is 1. The maximum Gasteiger partial charge on any atom is 0.314 e. The number of fused-ring (bicyclic) bond motifs is 1. The molecule has 24 heavy (non-hydrogen) atoms. The second kappa shape index (κ2) is 6.51. The maximum atomic E-state index is 12.1. The fraction of sp³-hybridized carbons (Fsp3) is 0.0714. The Labute approximate surface area is 151 Å². The SMILES string of the molecule is Cc1ccc2nc(-c3ccc(N)c(SO)c3)sc2c1S(=O)(=O)OCl. The van der Waals surface area contributed by atoms with E-state index in [-0.39, 0.29) is 4.90 Å². The molecular formula is C14H11ClN2O4S3. The number of anilines is 1. The molecule has 3 aromatic rings. The van der Waals surface area contributed by atoms with Crippen LogP contribution in [0.4, 0.5) is 5.69 Å². The van der Waals surface area contributed by atoms with Crippen LogP contribution in [0, 0.1) is 6.92 Å². The van der Waals surface area contributed by atoms with Crippen LogP contribution in [0.1, 0.15) is 5.56 Å². The van der Waals surface area contributed by atoms with Gasteiger partial charge in [-0.2, -0.15) is 12.2 Å². The molecule has 0 atom stereocenters. The molecule has 2 aromatic carbocycles. The van der Waals surface area contributed by atoms with Gasteiger partial charge in [-0.05, 0) is 36.8 Å². The Morgan fingerprint density at radius 1 is 1.33 bits per heavy atom. The fourth-order valence-corrected chi connectivity index (χ4v) is 5.16. The van der Waals surface area contributed by atoms with E-state index in [4.69, 9.17) is 17.6 Å². The predicted molar refractivity (Wildman–Crippen MR) is 96.8 cm³/mol. The van der Waals surface area contributed by atoms with Crippen molar-refractivity contribution >= 4 is 61.3 Å². The molecule has 0 unspecified atom stereocenters. The Morgan fingerprint density at radius 2 is 2.08 bits per heavy atom. The molecule has 0 bridgehead atoms. The molecule has 1 aromatic heterocycles. The molecular weight excluding hydrogens is 392 g/mol. The average molecular weight is 403 g/mol. The first-order valence-corrected chi connectivity index (χ1v) is 9.84. The summed E-state index contributed by atoms with van der Waals surface area (Å²) < 4.78 is 38.1. The van der Waals surface area contributed by atoms with Gasteiger partial charge in [0.2, 0.25) is 0 Å². The summed E-state index contributed by atoms with van der Waals surface area (Å²) in [5.41, 5.74) is 7.96. The van der Waals surface area contributed by atoms with Gasteiger partial charge in [-0.15, -0.1) is 11.3 Å². The molecule has 1 heterocycles. The third-order valence-corrected chi connectivity index (χ3v) is 6.91. The first-order chi connectivity index (χ1) is 11.4. The number of aryl methyl sites for hydroxylation is 1. The highest BCUT2D eigenvalue weighted by atomic mass is 35.5. The topological polar surface area (TPSA) is 103 Å². The lowest BCUT2D eigenvalue weighted by atomic mass is 10.2. The zero-order chi connectivity index (χ0) is 17.5. The number of nitrogen functional groups attached to an aromatic ring is 1. The lowest BCUT2D eigenvalue weighted by Crippen LogP contribution is -2.02. The summed E-state index contributed by atoms with van der Waals surface area (Å²) in [5, 5.41) is 0.594. The molecule has 3 N–H and O–H groups in total. The minimum absolute atomic E-state index is 0.00551. The standard InChI is InChI=1S/C14H11ClN2O4S3/c1-7-2-5-10-12(13(7)24(19,20)21-15)22-14(17-10)8-3-4-9(16)11(6-8)23-18/h2-6,18H,16H2,1H3. The van der Waals surface area contributed by atoms with Crippen LogP contribution in [0.3, 0.4) is 0 Å². The molecule has 0 saturated heterocycles. The molecule has 0 aliphatic carbocycles. The third-order valence-electron chi connectivity index (χ3n) is 3.40. The Kier molecular flexibility index (Phi) is 4.73. The van der Waals surface area contributed by atoms with Gasteiger partial charge in [0.25, 0.3) is 0 Å². The van der Waals surface area contributed by atoms with Crippen LogP contribution in [0.2, 0.25) is 0 Å². The van der Waals surface area contributed by atoms with Gasteiger partial charge < -0.3 is 10.3 Å². The van der Waals surface area contributed by atoms with Crippen molar-refractivity contribution in [3.63, 3.8) is 0 Å². The number of benzene rings is 2. The zero-order valence-electron chi connectivity index (χ0n) is 12.2. The van der Waals surface area contributed by atoms with Gasteiger partial charge in [0.1, 0.15) is 9.90 Å². The van der Waals surface area contributed by atoms with Crippen molar-refractivity contribution in [3.8, 4) is 10.6 Å². The van der Waals surface area contributed by atoms with Gasteiger partial charge in [0.15, 0.2) is 0 Å². The van der Waals surface area contributed by atoms with Crippen LogP contribution in [-0.2, 0) is 13.9 Å². The fourth-order valence-electron chi connectivity index (χ4n) is 2.28. The van der Waals surface area contributed by atoms with Crippen LogP contribution in [0.25, 0.3) is 20.8 Å². The minimum Gasteiger partial charge on any atom is -0.398 e. The van der Waals surface area contributed by atoms with E-state index in [9.17, 15) is 13.0 Å². The van der Waals surface area contributed by atoms with E-state index in [1.165, 1.54) is 11.3 Å². The van der Waals surface area contributed by atoms with Gasteiger partial charge in [0, 0.05) is 23.3 Å². The Morgan fingerprint density at radius 3 is 2.75 bits per heavy atom.